The Morgan fingerprint density at radius 1 is 1.32 bits per heavy atom. The number of halogens is 1. The standard InChI is InChI=1S/C15H15BrN2OS3/c16-11-3-1-10(2-4-11)7-12-8-17-15(22-12)18-14(19)13-9-20-5-6-21-13/h1-4,8,13H,5-7,9H2,(H,17,18,19). The van der Waals surface area contributed by atoms with E-state index < -0.39 is 0 Å². The van der Waals surface area contributed by atoms with Crippen LogP contribution in [0.25, 0.3) is 0 Å². The summed E-state index contributed by atoms with van der Waals surface area (Å²) in [6.07, 6.45) is 2.69. The second-order valence-corrected chi connectivity index (χ2v) is 9.35. The molecule has 2 aromatic rings. The van der Waals surface area contributed by atoms with Crippen LogP contribution in [0.4, 0.5) is 5.13 Å². The molecule has 22 heavy (non-hydrogen) atoms. The molecule has 1 unspecified atom stereocenters. The molecule has 1 fully saturated rings. The highest BCUT2D eigenvalue weighted by molar-refractivity contribution is 9.10. The predicted molar refractivity (Wildman–Crippen MR) is 101 cm³/mol. The molecule has 0 radical (unpaired) electrons. The Morgan fingerprint density at radius 3 is 2.86 bits per heavy atom. The highest BCUT2D eigenvalue weighted by atomic mass is 79.9. The Balaban J connectivity index is 1.58. The second kappa shape index (κ2) is 7.86. The molecule has 2 heterocycles. The molecule has 116 valence electrons. The summed E-state index contributed by atoms with van der Waals surface area (Å²) in [6, 6.07) is 8.27. The molecule has 1 N–H and O–H groups in total. The van der Waals surface area contributed by atoms with Gasteiger partial charge in [-0.3, -0.25) is 4.79 Å². The van der Waals surface area contributed by atoms with Gasteiger partial charge in [0, 0.05) is 39.2 Å². The van der Waals surface area contributed by atoms with Crippen molar-refractivity contribution in [1.29, 1.82) is 0 Å². The van der Waals surface area contributed by atoms with Crippen LogP contribution in [0.2, 0.25) is 0 Å². The lowest BCUT2D eigenvalue weighted by Crippen LogP contribution is -2.29. The lowest BCUT2D eigenvalue weighted by Gasteiger charge is -2.19. The van der Waals surface area contributed by atoms with Crippen molar-refractivity contribution >= 4 is 61.8 Å². The summed E-state index contributed by atoms with van der Waals surface area (Å²) in [4.78, 5) is 17.7. The molecule has 0 saturated carbocycles. The average Bonchev–Trinajstić information content (AvgIpc) is 2.97. The summed E-state index contributed by atoms with van der Waals surface area (Å²) in [5.74, 6) is 3.17. The quantitative estimate of drug-likeness (QED) is 0.809. The maximum Gasteiger partial charge on any atom is 0.240 e. The number of anilines is 1. The second-order valence-electron chi connectivity index (χ2n) is 4.86. The van der Waals surface area contributed by atoms with Crippen molar-refractivity contribution in [2.45, 2.75) is 11.7 Å². The first-order chi connectivity index (χ1) is 10.7. The molecule has 0 spiro atoms. The van der Waals surface area contributed by atoms with Gasteiger partial charge in [0.25, 0.3) is 0 Å². The number of thioether (sulfide) groups is 2. The predicted octanol–water partition coefficient (Wildman–Crippen LogP) is 4.28. The Kier molecular flexibility index (Phi) is 5.84. The van der Waals surface area contributed by atoms with E-state index in [0.29, 0.717) is 5.13 Å². The van der Waals surface area contributed by atoms with Crippen molar-refractivity contribution in [3.63, 3.8) is 0 Å². The zero-order valence-electron chi connectivity index (χ0n) is 11.8. The zero-order valence-corrected chi connectivity index (χ0v) is 15.8. The minimum absolute atomic E-state index is 0.0533. The molecule has 1 saturated heterocycles. The van der Waals surface area contributed by atoms with Crippen LogP contribution in [-0.2, 0) is 11.2 Å². The van der Waals surface area contributed by atoms with Crippen molar-refractivity contribution in [3.8, 4) is 0 Å². The van der Waals surface area contributed by atoms with E-state index in [2.05, 4.69) is 38.4 Å². The average molecular weight is 415 g/mol. The number of carbonyl (C=O) groups is 1. The van der Waals surface area contributed by atoms with Crippen molar-refractivity contribution < 1.29 is 4.79 Å². The normalized spacial score (nSPS) is 18.1. The molecular weight excluding hydrogens is 400 g/mol. The van der Waals surface area contributed by atoms with Gasteiger partial charge in [0.2, 0.25) is 5.91 Å². The molecular formula is C15H15BrN2OS3. The number of hydrogen-bond donors (Lipinski definition) is 1. The Labute approximate surface area is 150 Å². The fourth-order valence-corrected chi connectivity index (χ4v) is 5.75. The fraction of sp³-hybridized carbons (Fsp3) is 0.333. The van der Waals surface area contributed by atoms with Crippen molar-refractivity contribution in [1.82, 2.24) is 4.98 Å². The first kappa shape index (κ1) is 16.4. The fourth-order valence-electron chi connectivity index (χ4n) is 2.08. The van der Waals surface area contributed by atoms with Crippen LogP contribution in [0.3, 0.4) is 0 Å². The maximum absolute atomic E-state index is 12.2. The zero-order chi connectivity index (χ0) is 15.4. The molecule has 3 nitrogen and oxygen atoms in total. The highest BCUT2D eigenvalue weighted by Gasteiger charge is 2.22. The van der Waals surface area contributed by atoms with E-state index in [0.717, 1.165) is 33.0 Å². The smallest absolute Gasteiger partial charge is 0.240 e. The van der Waals surface area contributed by atoms with Crippen LogP contribution in [0.5, 0.6) is 0 Å². The number of rotatable bonds is 4. The molecule has 1 aliphatic rings. The number of thiazole rings is 1. The van der Waals surface area contributed by atoms with E-state index in [1.807, 2.05) is 30.1 Å². The number of benzene rings is 1. The minimum atomic E-state index is 0.0533. The summed E-state index contributed by atoms with van der Waals surface area (Å²) in [5.41, 5.74) is 1.24. The Bertz CT molecular complexity index is 638. The van der Waals surface area contributed by atoms with Gasteiger partial charge in [-0.2, -0.15) is 11.8 Å². The SMILES string of the molecule is O=C(Nc1ncc(Cc2ccc(Br)cc2)s1)C1CSCCS1. The van der Waals surface area contributed by atoms with Crippen molar-refractivity contribution in [2.75, 3.05) is 22.6 Å². The van der Waals surface area contributed by atoms with Crippen LogP contribution >= 0.6 is 50.8 Å². The summed E-state index contributed by atoms with van der Waals surface area (Å²) in [6.45, 7) is 0. The third kappa shape index (κ3) is 4.50. The number of hydrogen-bond acceptors (Lipinski definition) is 5. The van der Waals surface area contributed by atoms with Crippen LogP contribution in [-0.4, -0.2) is 33.4 Å². The molecule has 0 aliphatic carbocycles. The van der Waals surface area contributed by atoms with Gasteiger partial charge in [0.05, 0.1) is 5.25 Å². The molecule has 3 rings (SSSR count). The monoisotopic (exact) mass is 414 g/mol. The van der Waals surface area contributed by atoms with E-state index in [4.69, 9.17) is 0 Å². The lowest BCUT2D eigenvalue weighted by atomic mass is 10.1. The van der Waals surface area contributed by atoms with Gasteiger partial charge in [0.1, 0.15) is 0 Å². The van der Waals surface area contributed by atoms with Gasteiger partial charge in [-0.1, -0.05) is 28.1 Å². The molecule has 1 aliphatic heterocycles. The van der Waals surface area contributed by atoms with Crippen LogP contribution in [0.15, 0.2) is 34.9 Å². The molecule has 1 aromatic carbocycles. The maximum atomic E-state index is 12.2. The molecule has 1 atom stereocenters. The summed E-state index contributed by atoms with van der Waals surface area (Å²) < 4.78 is 1.08. The number of aromatic nitrogens is 1. The van der Waals surface area contributed by atoms with E-state index in [9.17, 15) is 4.79 Å². The number of nitrogens with zero attached hydrogens (tertiary/aromatic N) is 1. The van der Waals surface area contributed by atoms with Gasteiger partial charge in [-0.05, 0) is 17.7 Å². The van der Waals surface area contributed by atoms with Gasteiger partial charge in [0.15, 0.2) is 5.13 Å². The minimum Gasteiger partial charge on any atom is -0.301 e. The molecule has 1 aromatic heterocycles. The van der Waals surface area contributed by atoms with Gasteiger partial charge >= 0.3 is 0 Å². The van der Waals surface area contributed by atoms with E-state index in [1.165, 1.54) is 5.56 Å². The largest absolute Gasteiger partial charge is 0.301 e. The van der Waals surface area contributed by atoms with Crippen molar-refractivity contribution in [3.05, 3.63) is 45.4 Å². The summed E-state index contributed by atoms with van der Waals surface area (Å²) in [7, 11) is 0. The lowest BCUT2D eigenvalue weighted by molar-refractivity contribution is -0.115. The third-order valence-corrected chi connectivity index (χ3v) is 7.38. The Morgan fingerprint density at radius 2 is 2.14 bits per heavy atom. The highest BCUT2D eigenvalue weighted by Crippen LogP contribution is 2.27. The first-order valence-corrected chi connectivity index (χ1v) is 10.7. The third-order valence-electron chi connectivity index (χ3n) is 3.18. The van der Waals surface area contributed by atoms with Gasteiger partial charge in [-0.25, -0.2) is 4.98 Å². The number of nitrogens with one attached hydrogen (secondary N) is 1. The molecule has 0 bridgehead atoms. The molecule has 7 heteroatoms. The van der Waals surface area contributed by atoms with E-state index in [1.54, 1.807) is 23.1 Å². The van der Waals surface area contributed by atoms with Crippen LogP contribution in [0, 0.1) is 0 Å². The topological polar surface area (TPSA) is 42.0 Å². The Hall–Kier alpha value is -0.500. The van der Waals surface area contributed by atoms with Gasteiger partial charge in [-0.15, -0.1) is 23.1 Å². The summed E-state index contributed by atoms with van der Waals surface area (Å²) in [5, 5.41) is 3.71. The number of carbonyl (C=O) groups excluding carboxylic acids is 1. The van der Waals surface area contributed by atoms with Crippen molar-refractivity contribution in [2.24, 2.45) is 0 Å². The molecule has 1 amide bonds. The summed E-state index contributed by atoms with van der Waals surface area (Å²) >= 11 is 8.58. The van der Waals surface area contributed by atoms with E-state index in [-0.39, 0.29) is 11.2 Å². The first-order valence-electron chi connectivity index (χ1n) is 6.90. The van der Waals surface area contributed by atoms with Gasteiger partial charge < -0.3 is 5.32 Å². The number of amides is 1. The van der Waals surface area contributed by atoms with E-state index >= 15 is 0 Å². The van der Waals surface area contributed by atoms with Crippen LogP contribution in [0.1, 0.15) is 10.4 Å². The van der Waals surface area contributed by atoms with Crippen LogP contribution < -0.4 is 5.32 Å².